The van der Waals surface area contributed by atoms with Crippen LogP contribution < -0.4 is 10.5 Å². The molecular formula is C19H19F6N5O. The van der Waals surface area contributed by atoms with Crippen LogP contribution in [-0.2, 0) is 0 Å². The van der Waals surface area contributed by atoms with Crippen LogP contribution in [-0.4, -0.2) is 51.6 Å². The summed E-state index contributed by atoms with van der Waals surface area (Å²) in [7, 11) is 0. The van der Waals surface area contributed by atoms with Crippen LogP contribution in [0.4, 0.5) is 32.2 Å². The summed E-state index contributed by atoms with van der Waals surface area (Å²) in [6, 6.07) is 1.21. The molecule has 1 aliphatic heterocycles. The number of pyridine rings is 1. The van der Waals surface area contributed by atoms with Crippen LogP contribution in [0.3, 0.4) is 0 Å². The number of hydrogen-bond acceptors (Lipinski definition) is 5. The molecule has 2 aliphatic carbocycles. The summed E-state index contributed by atoms with van der Waals surface area (Å²) in [5.74, 6) is 0.343. The van der Waals surface area contributed by atoms with Crippen molar-refractivity contribution in [1.29, 1.82) is 0 Å². The van der Waals surface area contributed by atoms with Crippen LogP contribution in [0.15, 0.2) is 18.5 Å². The topological polar surface area (TPSA) is 69.2 Å². The number of piperidine rings is 1. The van der Waals surface area contributed by atoms with Crippen LogP contribution in [0.1, 0.15) is 30.6 Å². The Morgan fingerprint density at radius 1 is 1.10 bits per heavy atom. The maximum Gasteiger partial charge on any atom is 0.573 e. The van der Waals surface area contributed by atoms with Gasteiger partial charge in [0.1, 0.15) is 5.82 Å². The number of imidazole rings is 1. The number of nitrogens with zero attached hydrogens (tertiary/aromatic N) is 4. The molecule has 31 heavy (non-hydrogen) atoms. The number of likely N-dealkylation sites (tertiary alicyclic amines) is 1. The van der Waals surface area contributed by atoms with E-state index in [0.717, 1.165) is 24.7 Å². The molecule has 1 unspecified atom stereocenters. The predicted molar refractivity (Wildman–Crippen MR) is 97.0 cm³/mol. The lowest BCUT2D eigenvalue weighted by molar-refractivity contribution is -0.274. The molecule has 6 nitrogen and oxygen atoms in total. The quantitative estimate of drug-likeness (QED) is 0.703. The van der Waals surface area contributed by atoms with Crippen LogP contribution in [0, 0.1) is 11.8 Å². The molecule has 1 saturated heterocycles. The zero-order chi connectivity index (χ0) is 22.1. The second-order valence-corrected chi connectivity index (χ2v) is 8.45. The van der Waals surface area contributed by atoms with Gasteiger partial charge in [-0.2, -0.15) is 13.2 Å². The molecule has 0 spiro atoms. The van der Waals surface area contributed by atoms with Crippen LogP contribution in [0.5, 0.6) is 5.75 Å². The van der Waals surface area contributed by atoms with E-state index < -0.39 is 24.8 Å². The second-order valence-electron chi connectivity index (χ2n) is 8.45. The van der Waals surface area contributed by atoms with Gasteiger partial charge in [-0.3, -0.25) is 4.90 Å². The maximum atomic E-state index is 12.7. The zero-order valence-electron chi connectivity index (χ0n) is 16.1. The zero-order valence-corrected chi connectivity index (χ0v) is 16.1. The number of hydrogen-bond donors (Lipinski definition) is 1. The third-order valence-corrected chi connectivity index (χ3v) is 6.06. The second kappa shape index (κ2) is 6.75. The molecule has 3 heterocycles. The summed E-state index contributed by atoms with van der Waals surface area (Å²) < 4.78 is 81.8. The fourth-order valence-corrected chi connectivity index (χ4v) is 4.61. The molecule has 3 aliphatic rings. The minimum absolute atomic E-state index is 0.0639. The van der Waals surface area contributed by atoms with E-state index in [-0.39, 0.29) is 29.6 Å². The standard InChI is InChI=1S/C19H19F6N5O/c20-18(21,22)8-29-5-11-12(6-29)15(11)30-7-13(28-17(30)9-1-2-9)10-3-14(16(26)27-4-10)31-19(23,24)25/h3-4,7,9,11-12,15H,1-2,5-6,8H2,(H2,26,27)/t11-,12+,15?. The van der Waals surface area contributed by atoms with Gasteiger partial charge in [0.2, 0.25) is 0 Å². The summed E-state index contributed by atoms with van der Waals surface area (Å²) in [6.45, 7) is -0.157. The Labute approximate surface area is 173 Å². The Bertz CT molecular complexity index is 987. The summed E-state index contributed by atoms with van der Waals surface area (Å²) in [6.07, 6.45) is -4.11. The van der Waals surface area contributed by atoms with E-state index in [1.165, 1.54) is 11.1 Å². The largest absolute Gasteiger partial charge is 0.573 e. The Hall–Kier alpha value is -2.50. The SMILES string of the molecule is Nc1ncc(-c2cn(C3[C@H]4CN(CC(F)(F)F)C[C@@H]34)c(C3CC3)n2)cc1OC(F)(F)F. The van der Waals surface area contributed by atoms with E-state index in [1.54, 1.807) is 6.20 Å². The van der Waals surface area contributed by atoms with Gasteiger partial charge in [0.05, 0.1) is 12.2 Å². The first kappa shape index (κ1) is 20.4. The van der Waals surface area contributed by atoms with Crippen molar-refractivity contribution in [3.8, 4) is 17.0 Å². The van der Waals surface area contributed by atoms with Gasteiger partial charge in [0.25, 0.3) is 0 Å². The highest BCUT2D eigenvalue weighted by Crippen LogP contribution is 2.57. The van der Waals surface area contributed by atoms with E-state index in [4.69, 9.17) is 5.73 Å². The number of aromatic nitrogens is 3. The monoisotopic (exact) mass is 447 g/mol. The lowest BCUT2D eigenvalue weighted by Gasteiger charge is -2.21. The van der Waals surface area contributed by atoms with E-state index >= 15 is 0 Å². The van der Waals surface area contributed by atoms with Gasteiger partial charge < -0.3 is 15.0 Å². The number of anilines is 1. The van der Waals surface area contributed by atoms with Crippen molar-refractivity contribution in [1.82, 2.24) is 19.4 Å². The Kier molecular flexibility index (Phi) is 4.44. The highest BCUT2D eigenvalue weighted by atomic mass is 19.4. The minimum atomic E-state index is -4.90. The molecule has 0 bridgehead atoms. The lowest BCUT2D eigenvalue weighted by atomic mass is 10.2. The van der Waals surface area contributed by atoms with Crippen LogP contribution >= 0.6 is 0 Å². The third kappa shape index (κ3) is 4.17. The van der Waals surface area contributed by atoms with Crippen LogP contribution in [0.2, 0.25) is 0 Å². The van der Waals surface area contributed by atoms with Crippen molar-refractivity contribution in [2.75, 3.05) is 25.4 Å². The number of nitrogen functional groups attached to an aromatic ring is 1. The number of rotatable bonds is 5. The van der Waals surface area contributed by atoms with Gasteiger partial charge >= 0.3 is 12.5 Å². The minimum Gasteiger partial charge on any atom is -0.402 e. The molecule has 2 aromatic heterocycles. The summed E-state index contributed by atoms with van der Waals surface area (Å²) >= 11 is 0. The summed E-state index contributed by atoms with van der Waals surface area (Å²) in [5.41, 5.74) is 6.27. The summed E-state index contributed by atoms with van der Waals surface area (Å²) in [4.78, 5) is 9.84. The molecule has 12 heteroatoms. The molecule has 5 rings (SSSR count). The molecule has 3 atom stereocenters. The first-order valence-electron chi connectivity index (χ1n) is 9.88. The fraction of sp³-hybridized carbons (Fsp3) is 0.579. The molecule has 2 saturated carbocycles. The van der Waals surface area contributed by atoms with Gasteiger partial charge in [0, 0.05) is 43.0 Å². The van der Waals surface area contributed by atoms with Crippen LogP contribution in [0.25, 0.3) is 11.3 Å². The normalized spacial score (nSPS) is 26.2. The van der Waals surface area contributed by atoms with Gasteiger partial charge in [-0.1, -0.05) is 0 Å². The first-order chi connectivity index (χ1) is 14.5. The van der Waals surface area contributed by atoms with Crippen molar-refractivity contribution in [3.63, 3.8) is 0 Å². The molecule has 0 radical (unpaired) electrons. The molecule has 0 aromatic carbocycles. The molecule has 3 fully saturated rings. The van der Waals surface area contributed by atoms with Gasteiger partial charge in [-0.15, -0.1) is 13.2 Å². The Morgan fingerprint density at radius 2 is 1.77 bits per heavy atom. The van der Waals surface area contributed by atoms with Crippen molar-refractivity contribution >= 4 is 5.82 Å². The summed E-state index contributed by atoms with van der Waals surface area (Å²) in [5, 5.41) is 0. The van der Waals surface area contributed by atoms with Gasteiger partial charge in [0.15, 0.2) is 11.6 Å². The van der Waals surface area contributed by atoms with E-state index in [1.807, 2.05) is 4.57 Å². The number of ether oxygens (including phenoxy) is 1. The van der Waals surface area contributed by atoms with Crippen molar-refractivity contribution in [3.05, 3.63) is 24.3 Å². The molecule has 0 amide bonds. The third-order valence-electron chi connectivity index (χ3n) is 6.06. The van der Waals surface area contributed by atoms with Crippen molar-refractivity contribution < 1.29 is 31.1 Å². The predicted octanol–water partition coefficient (Wildman–Crippen LogP) is 3.97. The smallest absolute Gasteiger partial charge is 0.402 e. The van der Waals surface area contributed by atoms with Crippen molar-refractivity contribution in [2.24, 2.45) is 11.8 Å². The van der Waals surface area contributed by atoms with Gasteiger partial charge in [-0.25, -0.2) is 9.97 Å². The number of fused-ring (bicyclic) bond motifs is 1. The Balaban J connectivity index is 1.38. The molecular weight excluding hydrogens is 428 g/mol. The highest BCUT2D eigenvalue weighted by molar-refractivity contribution is 5.64. The molecule has 2 N–H and O–H groups in total. The van der Waals surface area contributed by atoms with E-state index in [2.05, 4.69) is 14.7 Å². The first-order valence-corrected chi connectivity index (χ1v) is 9.88. The van der Waals surface area contributed by atoms with E-state index in [0.29, 0.717) is 24.3 Å². The highest BCUT2D eigenvalue weighted by Gasteiger charge is 2.58. The lowest BCUT2D eigenvalue weighted by Crippen LogP contribution is -2.34. The van der Waals surface area contributed by atoms with Crippen molar-refractivity contribution in [2.45, 2.75) is 37.3 Å². The molecule has 168 valence electrons. The van der Waals surface area contributed by atoms with E-state index in [9.17, 15) is 26.3 Å². The average Bonchev–Trinajstić information content (AvgIpc) is 3.50. The molecule has 2 aromatic rings. The number of halogens is 6. The maximum absolute atomic E-state index is 12.7. The van der Waals surface area contributed by atoms with Gasteiger partial charge in [-0.05, 0) is 30.7 Å². The number of alkyl halides is 6. The number of nitrogens with two attached hydrogens (primary N) is 1. The average molecular weight is 447 g/mol. The Morgan fingerprint density at radius 3 is 2.35 bits per heavy atom. The fourth-order valence-electron chi connectivity index (χ4n) is 4.61.